The molecular formula is C7H8N2. The Hall–Kier alpha value is -1.02. The lowest BCUT2D eigenvalue weighted by Gasteiger charge is -2.24. The van der Waals surface area contributed by atoms with Gasteiger partial charge < -0.3 is 0 Å². The Morgan fingerprint density at radius 1 is 1.33 bits per heavy atom. The molecule has 0 spiro atoms. The molecule has 9 heavy (non-hydrogen) atoms. The monoisotopic (exact) mass is 120 g/mol. The fourth-order valence-corrected chi connectivity index (χ4v) is 1.26. The molecule has 0 N–H and O–H groups in total. The van der Waals surface area contributed by atoms with E-state index in [9.17, 15) is 0 Å². The van der Waals surface area contributed by atoms with Gasteiger partial charge in [-0.2, -0.15) is 0 Å². The van der Waals surface area contributed by atoms with E-state index >= 15 is 0 Å². The highest BCUT2D eigenvalue weighted by atomic mass is 15.0. The summed E-state index contributed by atoms with van der Waals surface area (Å²) in [5, 5.41) is 0. The lowest BCUT2D eigenvalue weighted by Crippen LogP contribution is -2.35. The van der Waals surface area contributed by atoms with Crippen LogP contribution in [0.2, 0.25) is 0 Å². The van der Waals surface area contributed by atoms with Gasteiger partial charge in [0.1, 0.15) is 12.8 Å². The van der Waals surface area contributed by atoms with Gasteiger partial charge in [0.05, 0.1) is 0 Å². The molecular weight excluding hydrogens is 112 g/mol. The molecule has 0 heterocycles. The lowest BCUT2D eigenvalue weighted by molar-refractivity contribution is 0.252. The third kappa shape index (κ3) is 0.771. The first-order chi connectivity index (χ1) is 4.22. The standard InChI is InChI=1S/C7H8N2/c1-6-4-7(5-6,8-2)9-3/h6H,4-5H2,1H3. The van der Waals surface area contributed by atoms with Crippen molar-refractivity contribution in [1.82, 2.24) is 0 Å². The van der Waals surface area contributed by atoms with Crippen molar-refractivity contribution in [3.63, 3.8) is 0 Å². The topological polar surface area (TPSA) is 8.72 Å². The SMILES string of the molecule is [C-]#[N+]C1([N+]#[C-])CC(C)C1. The molecule has 2 nitrogen and oxygen atoms in total. The van der Waals surface area contributed by atoms with Gasteiger partial charge in [0, 0.05) is 0 Å². The molecule has 0 aromatic carbocycles. The van der Waals surface area contributed by atoms with Crippen LogP contribution in [0.5, 0.6) is 0 Å². The second-order valence-corrected chi connectivity index (χ2v) is 2.72. The minimum Gasteiger partial charge on any atom is -0.230 e. The summed E-state index contributed by atoms with van der Waals surface area (Å²) in [6.45, 7) is 15.5. The maximum Gasteiger partial charge on any atom is 0.482 e. The lowest BCUT2D eigenvalue weighted by atomic mass is 9.77. The Bertz CT molecular complexity index is 172. The van der Waals surface area contributed by atoms with Crippen molar-refractivity contribution in [1.29, 1.82) is 0 Å². The normalized spacial score (nSPS) is 23.4. The first kappa shape index (κ1) is 6.11. The van der Waals surface area contributed by atoms with Gasteiger partial charge in [-0.25, -0.2) is 22.8 Å². The van der Waals surface area contributed by atoms with Crippen LogP contribution in [0.1, 0.15) is 19.8 Å². The number of rotatable bonds is 0. The van der Waals surface area contributed by atoms with Crippen LogP contribution in [0.15, 0.2) is 0 Å². The van der Waals surface area contributed by atoms with Crippen molar-refractivity contribution in [2.24, 2.45) is 5.92 Å². The second-order valence-electron chi connectivity index (χ2n) is 2.72. The first-order valence-corrected chi connectivity index (χ1v) is 3.00. The van der Waals surface area contributed by atoms with Gasteiger partial charge in [-0.15, -0.1) is 0 Å². The highest BCUT2D eigenvalue weighted by Gasteiger charge is 2.55. The predicted octanol–water partition coefficient (Wildman–Crippen LogP) is 1.95. The quantitative estimate of drug-likeness (QED) is 0.432. The Morgan fingerprint density at radius 2 is 1.78 bits per heavy atom. The molecule has 2 heteroatoms. The van der Waals surface area contributed by atoms with E-state index in [0.29, 0.717) is 5.92 Å². The Labute approximate surface area is 55.1 Å². The van der Waals surface area contributed by atoms with Crippen LogP contribution >= 0.6 is 0 Å². The van der Waals surface area contributed by atoms with Gasteiger partial charge >= 0.3 is 5.66 Å². The van der Waals surface area contributed by atoms with Crippen molar-refractivity contribution < 1.29 is 0 Å². The molecule has 0 bridgehead atoms. The maximum absolute atomic E-state index is 6.71. The highest BCUT2D eigenvalue weighted by Crippen LogP contribution is 2.41. The molecule has 0 unspecified atom stereocenters. The van der Waals surface area contributed by atoms with Crippen LogP contribution in [0.3, 0.4) is 0 Å². The van der Waals surface area contributed by atoms with Gasteiger partial charge in [0.2, 0.25) is 0 Å². The molecule has 1 aliphatic rings. The molecule has 1 aliphatic carbocycles. The summed E-state index contributed by atoms with van der Waals surface area (Å²) in [7, 11) is 0. The molecule has 0 saturated heterocycles. The van der Waals surface area contributed by atoms with Crippen LogP contribution in [-0.2, 0) is 0 Å². The minimum atomic E-state index is -0.639. The highest BCUT2D eigenvalue weighted by molar-refractivity contribution is 5.13. The summed E-state index contributed by atoms with van der Waals surface area (Å²) < 4.78 is 0. The van der Waals surface area contributed by atoms with Crippen molar-refractivity contribution in [3.8, 4) is 0 Å². The van der Waals surface area contributed by atoms with Crippen LogP contribution in [-0.4, -0.2) is 5.66 Å². The van der Waals surface area contributed by atoms with E-state index in [2.05, 4.69) is 16.6 Å². The third-order valence-electron chi connectivity index (χ3n) is 1.77. The third-order valence-corrected chi connectivity index (χ3v) is 1.77. The zero-order valence-corrected chi connectivity index (χ0v) is 5.39. The summed E-state index contributed by atoms with van der Waals surface area (Å²) in [5.74, 6) is 0.591. The summed E-state index contributed by atoms with van der Waals surface area (Å²) in [6, 6.07) is 0. The molecule has 1 saturated carbocycles. The summed E-state index contributed by atoms with van der Waals surface area (Å²) in [6.07, 6.45) is 1.56. The van der Waals surface area contributed by atoms with E-state index in [4.69, 9.17) is 13.1 Å². The largest absolute Gasteiger partial charge is 0.482 e. The molecule has 1 fully saturated rings. The molecule has 0 aromatic heterocycles. The van der Waals surface area contributed by atoms with E-state index in [1.807, 2.05) is 0 Å². The van der Waals surface area contributed by atoms with Crippen LogP contribution in [0, 0.1) is 19.1 Å². The zero-order chi connectivity index (χ0) is 6.91. The summed E-state index contributed by atoms with van der Waals surface area (Å²) >= 11 is 0. The Morgan fingerprint density at radius 3 is 1.89 bits per heavy atom. The first-order valence-electron chi connectivity index (χ1n) is 3.00. The van der Waals surface area contributed by atoms with Crippen molar-refractivity contribution in [2.75, 3.05) is 0 Å². The van der Waals surface area contributed by atoms with Crippen LogP contribution in [0.25, 0.3) is 9.69 Å². The van der Waals surface area contributed by atoms with Crippen LogP contribution in [0.4, 0.5) is 0 Å². The average molecular weight is 120 g/mol. The summed E-state index contributed by atoms with van der Waals surface area (Å²) in [4.78, 5) is 6.58. The van der Waals surface area contributed by atoms with Crippen molar-refractivity contribution in [2.45, 2.75) is 25.4 Å². The smallest absolute Gasteiger partial charge is 0.230 e. The number of hydrogen-bond acceptors (Lipinski definition) is 0. The van der Waals surface area contributed by atoms with Crippen molar-refractivity contribution in [3.05, 3.63) is 22.8 Å². The molecule has 0 amide bonds. The summed E-state index contributed by atoms with van der Waals surface area (Å²) in [5.41, 5.74) is -0.639. The molecule has 46 valence electrons. The predicted molar refractivity (Wildman–Crippen MR) is 34.3 cm³/mol. The minimum absolute atomic E-state index is 0.591. The Balaban J connectivity index is 2.61. The van der Waals surface area contributed by atoms with Gasteiger partial charge in [-0.05, 0) is 5.92 Å². The fraction of sp³-hybridized carbons (Fsp3) is 0.714. The van der Waals surface area contributed by atoms with Gasteiger partial charge in [-0.3, -0.25) is 0 Å². The molecule has 1 rings (SSSR count). The molecule has 0 radical (unpaired) electrons. The average Bonchev–Trinajstić information content (AvgIpc) is 1.81. The molecule has 0 aromatic rings. The van der Waals surface area contributed by atoms with Crippen LogP contribution < -0.4 is 0 Å². The Kier molecular flexibility index (Phi) is 1.18. The van der Waals surface area contributed by atoms with Gasteiger partial charge in [0.15, 0.2) is 0 Å². The van der Waals surface area contributed by atoms with E-state index in [0.717, 1.165) is 12.8 Å². The van der Waals surface area contributed by atoms with Crippen molar-refractivity contribution >= 4 is 0 Å². The molecule has 0 atom stereocenters. The van der Waals surface area contributed by atoms with E-state index in [-0.39, 0.29) is 0 Å². The number of hydrogen-bond donors (Lipinski definition) is 0. The van der Waals surface area contributed by atoms with E-state index in [1.165, 1.54) is 0 Å². The second kappa shape index (κ2) is 1.74. The van der Waals surface area contributed by atoms with Gasteiger partial charge in [0.25, 0.3) is 0 Å². The fourth-order valence-electron chi connectivity index (χ4n) is 1.26. The number of nitrogens with zero attached hydrogens (tertiary/aromatic N) is 2. The van der Waals surface area contributed by atoms with E-state index in [1.54, 1.807) is 0 Å². The molecule has 0 aliphatic heterocycles. The zero-order valence-electron chi connectivity index (χ0n) is 5.39. The maximum atomic E-state index is 6.71. The van der Waals surface area contributed by atoms with E-state index < -0.39 is 5.66 Å². The van der Waals surface area contributed by atoms with Gasteiger partial charge in [-0.1, -0.05) is 6.92 Å².